The molecule has 1 aliphatic heterocycles. The van der Waals surface area contributed by atoms with Crippen LogP contribution in [0.5, 0.6) is 0 Å². The van der Waals surface area contributed by atoms with Crippen molar-refractivity contribution in [3.8, 4) is 5.69 Å². The number of aromatic nitrogens is 4. The van der Waals surface area contributed by atoms with Crippen LogP contribution in [0.4, 0.5) is 10.5 Å². The fourth-order valence-corrected chi connectivity index (χ4v) is 4.55. The molecule has 0 unspecified atom stereocenters. The Morgan fingerprint density at radius 2 is 1.97 bits per heavy atom. The van der Waals surface area contributed by atoms with E-state index in [0.717, 1.165) is 11.1 Å². The molecule has 3 heterocycles. The second-order valence-electron chi connectivity index (χ2n) is 9.30. The van der Waals surface area contributed by atoms with Crippen LogP contribution in [0.1, 0.15) is 43.0 Å². The Morgan fingerprint density at radius 3 is 2.71 bits per heavy atom. The first kappa shape index (κ1) is 27.1. The summed E-state index contributed by atoms with van der Waals surface area (Å²) in [6.45, 7) is 7.25. The second kappa shape index (κ2) is 12.5. The van der Waals surface area contributed by atoms with Crippen LogP contribution in [-0.4, -0.2) is 74.4 Å². The normalized spacial score (nSPS) is 13.5. The number of anilines is 1. The molecular formula is C27H34N6O5. The van der Waals surface area contributed by atoms with E-state index in [1.807, 2.05) is 31.0 Å². The molecule has 1 fully saturated rings. The van der Waals surface area contributed by atoms with Gasteiger partial charge in [0, 0.05) is 51.3 Å². The van der Waals surface area contributed by atoms with Crippen LogP contribution in [0, 0.1) is 6.92 Å². The van der Waals surface area contributed by atoms with E-state index in [0.29, 0.717) is 75.7 Å². The van der Waals surface area contributed by atoms with Crippen molar-refractivity contribution in [1.29, 1.82) is 0 Å². The zero-order chi connectivity index (χ0) is 27.1. The van der Waals surface area contributed by atoms with Crippen molar-refractivity contribution in [2.45, 2.75) is 46.1 Å². The highest BCUT2D eigenvalue weighted by Gasteiger charge is 2.18. The molecule has 1 N–H and O–H groups in total. The molecule has 0 radical (unpaired) electrons. The molecule has 0 saturated carbocycles. The third-order valence-corrected chi connectivity index (χ3v) is 6.65. The molecule has 0 spiro atoms. The molecule has 0 aliphatic carbocycles. The van der Waals surface area contributed by atoms with Crippen LogP contribution < -0.4 is 10.3 Å². The van der Waals surface area contributed by atoms with Gasteiger partial charge in [-0.25, -0.2) is 9.48 Å². The average molecular weight is 523 g/mol. The zero-order valence-electron chi connectivity index (χ0n) is 21.9. The molecular weight excluding hydrogens is 488 g/mol. The summed E-state index contributed by atoms with van der Waals surface area (Å²) in [7, 11) is 0. The van der Waals surface area contributed by atoms with Crippen LogP contribution >= 0.6 is 0 Å². The predicted octanol–water partition coefficient (Wildman–Crippen LogP) is 2.86. The van der Waals surface area contributed by atoms with Gasteiger partial charge in [0.15, 0.2) is 0 Å². The van der Waals surface area contributed by atoms with Crippen LogP contribution in [-0.2, 0) is 22.5 Å². The molecule has 202 valence electrons. The number of carboxylic acid groups (broad SMARTS) is 1. The predicted molar refractivity (Wildman–Crippen MR) is 142 cm³/mol. The average Bonchev–Trinajstić information content (AvgIpc) is 3.39. The Morgan fingerprint density at radius 1 is 1.18 bits per heavy atom. The molecule has 2 aromatic heterocycles. The molecule has 4 rings (SSSR count). The summed E-state index contributed by atoms with van der Waals surface area (Å²) < 4.78 is 8.67. The summed E-state index contributed by atoms with van der Waals surface area (Å²) in [5.74, 6) is 0.132. The summed E-state index contributed by atoms with van der Waals surface area (Å²) in [6, 6.07) is 6.95. The minimum absolute atomic E-state index is 0.132. The van der Waals surface area contributed by atoms with Gasteiger partial charge in [0.25, 0.3) is 0 Å². The monoisotopic (exact) mass is 522 g/mol. The molecule has 1 aromatic carbocycles. The minimum Gasteiger partial charge on any atom is -0.465 e. The van der Waals surface area contributed by atoms with Gasteiger partial charge in [-0.2, -0.15) is 10.2 Å². The maximum atomic E-state index is 12.6. The number of rotatable bonds is 10. The molecule has 0 atom stereocenters. The maximum Gasteiger partial charge on any atom is 0.411 e. The molecule has 38 heavy (non-hydrogen) atoms. The Kier molecular flexibility index (Phi) is 8.90. The highest BCUT2D eigenvalue weighted by molar-refractivity contribution is 5.87. The van der Waals surface area contributed by atoms with Crippen molar-refractivity contribution in [2.75, 3.05) is 37.7 Å². The Labute approximate surface area is 221 Å². The number of benzene rings is 1. The Hall–Kier alpha value is -3.99. The first-order valence-corrected chi connectivity index (χ1v) is 12.9. The highest BCUT2D eigenvalue weighted by Crippen LogP contribution is 2.25. The topological polar surface area (TPSA) is 123 Å². The fourth-order valence-electron chi connectivity index (χ4n) is 4.55. The summed E-state index contributed by atoms with van der Waals surface area (Å²) in [5.41, 5.74) is 3.13. The van der Waals surface area contributed by atoms with Gasteiger partial charge in [-0.3, -0.25) is 19.2 Å². The Balaban J connectivity index is 1.44. The quantitative estimate of drug-likeness (QED) is 0.434. The number of carbonyl (C=O) groups excluding carboxylic acids is 1. The molecule has 11 nitrogen and oxygen atoms in total. The summed E-state index contributed by atoms with van der Waals surface area (Å²) in [4.78, 5) is 39.9. The van der Waals surface area contributed by atoms with E-state index < -0.39 is 6.09 Å². The van der Waals surface area contributed by atoms with Gasteiger partial charge < -0.3 is 14.7 Å². The largest absolute Gasteiger partial charge is 0.465 e. The van der Waals surface area contributed by atoms with Crippen molar-refractivity contribution < 1.29 is 19.4 Å². The van der Waals surface area contributed by atoms with Crippen LogP contribution in [0.2, 0.25) is 0 Å². The van der Waals surface area contributed by atoms with Crippen molar-refractivity contribution in [1.82, 2.24) is 24.5 Å². The first-order chi connectivity index (χ1) is 18.4. The summed E-state index contributed by atoms with van der Waals surface area (Å²) >= 11 is 0. The number of ether oxygens (including phenoxy) is 1. The maximum absolute atomic E-state index is 12.6. The number of morpholine rings is 1. The van der Waals surface area contributed by atoms with Gasteiger partial charge in [-0.15, -0.1) is 0 Å². The van der Waals surface area contributed by atoms with Crippen molar-refractivity contribution in [2.24, 2.45) is 0 Å². The minimum atomic E-state index is -1.00. The molecule has 0 bridgehead atoms. The molecule has 3 aromatic rings. The lowest BCUT2D eigenvalue weighted by molar-refractivity contribution is -0.135. The van der Waals surface area contributed by atoms with Gasteiger partial charge in [-0.1, -0.05) is 19.1 Å². The van der Waals surface area contributed by atoms with Gasteiger partial charge in [0.1, 0.15) is 11.4 Å². The van der Waals surface area contributed by atoms with Gasteiger partial charge in [0.2, 0.25) is 11.3 Å². The van der Waals surface area contributed by atoms with Crippen molar-refractivity contribution in [3.63, 3.8) is 0 Å². The van der Waals surface area contributed by atoms with Crippen LogP contribution in [0.25, 0.3) is 5.69 Å². The number of nitrogens with zero attached hydrogens (tertiary/aromatic N) is 6. The van der Waals surface area contributed by atoms with E-state index in [1.54, 1.807) is 33.9 Å². The van der Waals surface area contributed by atoms with Gasteiger partial charge >= 0.3 is 6.09 Å². The lowest BCUT2D eigenvalue weighted by Gasteiger charge is -2.26. The van der Waals surface area contributed by atoms with Crippen LogP contribution in [0.15, 0.2) is 47.7 Å². The fraction of sp³-hybridized carbons (Fsp3) is 0.444. The van der Waals surface area contributed by atoms with Gasteiger partial charge in [0.05, 0.1) is 31.3 Å². The summed E-state index contributed by atoms with van der Waals surface area (Å²) in [6.07, 6.45) is 6.19. The van der Waals surface area contributed by atoms with E-state index in [4.69, 9.17) is 4.74 Å². The third-order valence-electron chi connectivity index (χ3n) is 6.65. The van der Waals surface area contributed by atoms with E-state index in [-0.39, 0.29) is 17.8 Å². The molecule has 1 aliphatic rings. The third kappa shape index (κ3) is 6.46. The zero-order valence-corrected chi connectivity index (χ0v) is 21.9. The summed E-state index contributed by atoms with van der Waals surface area (Å²) in [5, 5.41) is 18.6. The van der Waals surface area contributed by atoms with E-state index in [2.05, 4.69) is 10.2 Å². The lowest BCUT2D eigenvalue weighted by Crippen LogP contribution is -2.40. The number of aryl methyl sites for hydroxylation is 1. The van der Waals surface area contributed by atoms with E-state index in [1.165, 1.54) is 11.0 Å². The number of hydrogen-bond donors (Lipinski definition) is 1. The van der Waals surface area contributed by atoms with Gasteiger partial charge in [-0.05, 0) is 37.0 Å². The first-order valence-electron chi connectivity index (χ1n) is 12.9. The van der Waals surface area contributed by atoms with Crippen molar-refractivity contribution in [3.05, 3.63) is 69.9 Å². The second-order valence-corrected chi connectivity index (χ2v) is 9.30. The smallest absolute Gasteiger partial charge is 0.411 e. The lowest BCUT2D eigenvalue weighted by atomic mass is 10.0. The van der Waals surface area contributed by atoms with Crippen molar-refractivity contribution >= 4 is 17.7 Å². The molecule has 11 heteroatoms. The van der Waals surface area contributed by atoms with E-state index >= 15 is 0 Å². The number of carbonyl (C=O) groups is 2. The highest BCUT2D eigenvalue weighted by atomic mass is 16.5. The Bertz CT molecular complexity index is 1330. The number of hydrogen-bond acceptors (Lipinski definition) is 6. The number of amides is 2. The SMILES string of the molecule is CCCN(C(=O)O)c1cccc(Cc2nn(-c3cnn(CCCC(=O)N4CCOCC4)c3)ccc2=O)c1C. The molecule has 1 saturated heterocycles. The van der Waals surface area contributed by atoms with E-state index in [9.17, 15) is 19.5 Å². The molecule has 2 amide bonds. The standard InChI is InChI=1S/C27H34N6O5/c1-3-10-32(27(36)37)24-7-4-6-21(20(24)2)17-23-25(34)9-12-33(29-23)22-18-28-31(19-22)11-5-8-26(35)30-13-15-38-16-14-30/h4,6-7,9,12,18-19H,3,5,8,10-11,13-17H2,1-2H3,(H,36,37). The van der Waals surface area contributed by atoms with Crippen LogP contribution in [0.3, 0.4) is 0 Å².